The maximum absolute atomic E-state index is 12.9. The highest BCUT2D eigenvalue weighted by Gasteiger charge is 2.29. The average Bonchev–Trinajstić information content (AvgIpc) is 2.80. The van der Waals surface area contributed by atoms with Crippen molar-refractivity contribution < 1.29 is 17.9 Å². The summed E-state index contributed by atoms with van der Waals surface area (Å²) in [5.74, 6) is 0.595. The molecule has 1 aliphatic heterocycles. The number of sulfonamides is 1. The standard InChI is InChI=1S/C24H33N3O4S/c1-4-20-6-8-21(9-7-20)19(3)25-24(28)18-26-14-16-27(17-15-26)32(29,30)23-12-10-22(11-13-23)31-5-2/h6-13,19H,4-5,14-18H2,1-3H3,(H,25,28). The normalized spacial score (nSPS) is 16.5. The zero-order valence-corrected chi connectivity index (χ0v) is 19.9. The molecule has 0 aliphatic carbocycles. The predicted octanol–water partition coefficient (Wildman–Crippen LogP) is 2.83. The van der Waals surface area contributed by atoms with Crippen LogP contribution in [-0.4, -0.2) is 62.9 Å². The number of nitrogens with zero attached hydrogens (tertiary/aromatic N) is 2. The first-order valence-electron chi connectivity index (χ1n) is 11.2. The van der Waals surface area contributed by atoms with Crippen molar-refractivity contribution in [3.63, 3.8) is 0 Å². The summed E-state index contributed by atoms with van der Waals surface area (Å²) in [4.78, 5) is 14.8. The number of nitrogens with one attached hydrogen (secondary N) is 1. The van der Waals surface area contributed by atoms with Gasteiger partial charge in [0.15, 0.2) is 0 Å². The third-order valence-corrected chi connectivity index (χ3v) is 7.65. The lowest BCUT2D eigenvalue weighted by molar-refractivity contribution is -0.123. The van der Waals surface area contributed by atoms with E-state index in [-0.39, 0.29) is 23.4 Å². The number of aryl methyl sites for hydroxylation is 1. The molecule has 2 aromatic rings. The van der Waals surface area contributed by atoms with E-state index in [4.69, 9.17) is 4.74 Å². The Bertz CT molecular complexity index is 983. The molecule has 32 heavy (non-hydrogen) atoms. The van der Waals surface area contributed by atoms with Crippen LogP contribution in [0.1, 0.15) is 37.9 Å². The average molecular weight is 460 g/mol. The van der Waals surface area contributed by atoms with Crippen LogP contribution in [0.25, 0.3) is 0 Å². The Balaban J connectivity index is 1.49. The molecule has 1 aliphatic rings. The molecule has 0 saturated carbocycles. The number of hydrogen-bond acceptors (Lipinski definition) is 5. The van der Waals surface area contributed by atoms with Gasteiger partial charge in [-0.3, -0.25) is 9.69 Å². The third-order valence-electron chi connectivity index (χ3n) is 5.74. The van der Waals surface area contributed by atoms with Crippen molar-refractivity contribution in [1.29, 1.82) is 0 Å². The van der Waals surface area contributed by atoms with Gasteiger partial charge in [0.1, 0.15) is 5.75 Å². The Morgan fingerprint density at radius 1 is 1.00 bits per heavy atom. The van der Waals surface area contributed by atoms with E-state index >= 15 is 0 Å². The van der Waals surface area contributed by atoms with Gasteiger partial charge in [0.25, 0.3) is 0 Å². The fourth-order valence-electron chi connectivity index (χ4n) is 3.77. The lowest BCUT2D eigenvalue weighted by Crippen LogP contribution is -2.51. The largest absolute Gasteiger partial charge is 0.494 e. The molecule has 1 heterocycles. The van der Waals surface area contributed by atoms with E-state index in [1.54, 1.807) is 24.3 Å². The first kappa shape index (κ1) is 24.2. The minimum atomic E-state index is -3.56. The van der Waals surface area contributed by atoms with E-state index in [9.17, 15) is 13.2 Å². The highest BCUT2D eigenvalue weighted by Crippen LogP contribution is 2.21. The molecular formula is C24H33N3O4S. The van der Waals surface area contributed by atoms with Crippen LogP contribution in [0.15, 0.2) is 53.4 Å². The van der Waals surface area contributed by atoms with Crippen molar-refractivity contribution in [3.8, 4) is 5.75 Å². The molecule has 0 spiro atoms. The molecule has 0 radical (unpaired) electrons. The van der Waals surface area contributed by atoms with Crippen LogP contribution in [0, 0.1) is 0 Å². The molecule has 7 nitrogen and oxygen atoms in total. The van der Waals surface area contributed by atoms with Gasteiger partial charge in [0.2, 0.25) is 15.9 Å². The zero-order chi connectivity index (χ0) is 23.1. The van der Waals surface area contributed by atoms with Crippen LogP contribution in [-0.2, 0) is 21.2 Å². The molecule has 1 atom stereocenters. The number of ether oxygens (including phenoxy) is 1. The zero-order valence-electron chi connectivity index (χ0n) is 19.1. The fourth-order valence-corrected chi connectivity index (χ4v) is 5.19. The summed E-state index contributed by atoms with van der Waals surface area (Å²) >= 11 is 0. The van der Waals surface area contributed by atoms with Gasteiger partial charge >= 0.3 is 0 Å². The second-order valence-electron chi connectivity index (χ2n) is 7.97. The molecule has 3 rings (SSSR count). The van der Waals surface area contributed by atoms with Crippen molar-refractivity contribution in [1.82, 2.24) is 14.5 Å². The number of amides is 1. The maximum Gasteiger partial charge on any atom is 0.243 e. The quantitative estimate of drug-likeness (QED) is 0.624. The van der Waals surface area contributed by atoms with Crippen LogP contribution in [0.4, 0.5) is 0 Å². The van der Waals surface area contributed by atoms with Crippen LogP contribution >= 0.6 is 0 Å². The summed E-state index contributed by atoms with van der Waals surface area (Å²) in [6, 6.07) is 14.7. The number of carbonyl (C=O) groups excluding carboxylic acids is 1. The molecule has 1 saturated heterocycles. The van der Waals surface area contributed by atoms with E-state index in [2.05, 4.69) is 24.4 Å². The summed E-state index contributed by atoms with van der Waals surface area (Å²) in [5, 5.41) is 3.04. The van der Waals surface area contributed by atoms with Gasteiger partial charge in [-0.05, 0) is 55.7 Å². The highest BCUT2D eigenvalue weighted by atomic mass is 32.2. The van der Waals surface area contributed by atoms with Crippen LogP contribution in [0.5, 0.6) is 5.75 Å². The molecule has 1 N–H and O–H groups in total. The Hall–Kier alpha value is -2.42. The van der Waals surface area contributed by atoms with E-state index in [0.29, 0.717) is 38.5 Å². The Morgan fingerprint density at radius 3 is 2.19 bits per heavy atom. The van der Waals surface area contributed by atoms with E-state index in [1.165, 1.54) is 9.87 Å². The van der Waals surface area contributed by atoms with E-state index in [1.807, 2.05) is 30.9 Å². The van der Waals surface area contributed by atoms with Gasteiger partial charge in [-0.25, -0.2) is 8.42 Å². The summed E-state index contributed by atoms with van der Waals surface area (Å²) < 4.78 is 32.7. The molecule has 0 aromatic heterocycles. The summed E-state index contributed by atoms with van der Waals surface area (Å²) in [7, 11) is -3.56. The highest BCUT2D eigenvalue weighted by molar-refractivity contribution is 7.89. The second kappa shape index (κ2) is 10.9. The van der Waals surface area contributed by atoms with E-state index < -0.39 is 10.0 Å². The van der Waals surface area contributed by atoms with Gasteiger partial charge in [-0.15, -0.1) is 0 Å². The smallest absolute Gasteiger partial charge is 0.243 e. The Kier molecular flexibility index (Phi) is 8.28. The molecular weight excluding hydrogens is 426 g/mol. The number of benzene rings is 2. The number of piperazine rings is 1. The molecule has 174 valence electrons. The second-order valence-corrected chi connectivity index (χ2v) is 9.91. The Morgan fingerprint density at radius 2 is 1.62 bits per heavy atom. The van der Waals surface area contributed by atoms with Crippen LogP contribution in [0.3, 0.4) is 0 Å². The van der Waals surface area contributed by atoms with Crippen molar-refractivity contribution in [2.75, 3.05) is 39.3 Å². The molecule has 1 unspecified atom stereocenters. The van der Waals surface area contributed by atoms with Crippen LogP contribution < -0.4 is 10.1 Å². The first-order valence-corrected chi connectivity index (χ1v) is 12.6. The van der Waals surface area contributed by atoms with Gasteiger partial charge in [-0.1, -0.05) is 31.2 Å². The number of hydrogen-bond donors (Lipinski definition) is 1. The van der Waals surface area contributed by atoms with E-state index in [0.717, 1.165) is 12.0 Å². The van der Waals surface area contributed by atoms with Crippen molar-refractivity contribution in [2.45, 2.75) is 38.1 Å². The maximum atomic E-state index is 12.9. The molecule has 1 fully saturated rings. The van der Waals surface area contributed by atoms with Gasteiger partial charge in [-0.2, -0.15) is 4.31 Å². The molecule has 2 aromatic carbocycles. The molecule has 8 heteroatoms. The SMILES string of the molecule is CCOc1ccc(S(=O)(=O)N2CCN(CC(=O)NC(C)c3ccc(CC)cc3)CC2)cc1. The van der Waals surface area contributed by atoms with Crippen molar-refractivity contribution in [2.24, 2.45) is 0 Å². The topological polar surface area (TPSA) is 79.0 Å². The monoisotopic (exact) mass is 459 g/mol. The predicted molar refractivity (Wildman–Crippen MR) is 125 cm³/mol. The number of rotatable bonds is 9. The summed E-state index contributed by atoms with van der Waals surface area (Å²) in [6.45, 7) is 8.51. The van der Waals surface area contributed by atoms with Crippen LogP contribution in [0.2, 0.25) is 0 Å². The minimum absolute atomic E-state index is 0.0557. The van der Waals surface area contributed by atoms with Gasteiger partial charge in [0.05, 0.1) is 24.1 Å². The molecule has 0 bridgehead atoms. The lowest BCUT2D eigenvalue weighted by Gasteiger charge is -2.33. The number of carbonyl (C=O) groups is 1. The molecule has 1 amide bonds. The van der Waals surface area contributed by atoms with Gasteiger partial charge < -0.3 is 10.1 Å². The summed E-state index contributed by atoms with van der Waals surface area (Å²) in [6.07, 6.45) is 0.987. The first-order chi connectivity index (χ1) is 15.3. The Labute approximate surface area is 191 Å². The van der Waals surface area contributed by atoms with Crippen molar-refractivity contribution >= 4 is 15.9 Å². The van der Waals surface area contributed by atoms with Crippen molar-refractivity contribution in [3.05, 3.63) is 59.7 Å². The third kappa shape index (κ3) is 6.09. The summed E-state index contributed by atoms with van der Waals surface area (Å²) in [5.41, 5.74) is 2.34. The fraction of sp³-hybridized carbons (Fsp3) is 0.458. The minimum Gasteiger partial charge on any atom is -0.494 e. The van der Waals surface area contributed by atoms with Gasteiger partial charge in [0, 0.05) is 26.2 Å². The lowest BCUT2D eigenvalue weighted by atomic mass is 10.1.